The molecule has 0 saturated carbocycles. The lowest BCUT2D eigenvalue weighted by atomic mass is 10.2. The lowest BCUT2D eigenvalue weighted by Gasteiger charge is -2.21. The number of amides is 1. The minimum atomic E-state index is 0.112. The Bertz CT molecular complexity index is 167. The lowest BCUT2D eigenvalue weighted by Crippen LogP contribution is -2.35. The van der Waals surface area contributed by atoms with Crippen molar-refractivity contribution in [3.05, 3.63) is 0 Å². The van der Waals surface area contributed by atoms with Crippen molar-refractivity contribution in [1.82, 2.24) is 5.32 Å². The monoisotopic (exact) mass is 219 g/mol. The van der Waals surface area contributed by atoms with Gasteiger partial charge in [0.15, 0.2) is 0 Å². The van der Waals surface area contributed by atoms with Crippen LogP contribution in [-0.2, 0) is 4.79 Å². The molecule has 1 N–H and O–H groups in total. The van der Waals surface area contributed by atoms with E-state index < -0.39 is 0 Å². The molecule has 1 amide bonds. The first-order chi connectivity index (χ1) is 6.20. The molecule has 13 heavy (non-hydrogen) atoms. The molecule has 0 aromatic carbocycles. The molecule has 1 saturated heterocycles. The van der Waals surface area contributed by atoms with E-state index in [0.717, 1.165) is 6.54 Å². The number of carbonyl (C=O) groups excluding carboxylic acids is 1. The van der Waals surface area contributed by atoms with Gasteiger partial charge in [-0.15, -0.1) is 0 Å². The van der Waals surface area contributed by atoms with Gasteiger partial charge in [-0.2, -0.15) is 23.5 Å². The number of nitrogens with one attached hydrogen (secondary N) is 1. The summed E-state index contributed by atoms with van der Waals surface area (Å²) < 4.78 is 0. The minimum Gasteiger partial charge on any atom is -0.355 e. The molecule has 4 heteroatoms. The van der Waals surface area contributed by atoms with Crippen molar-refractivity contribution < 1.29 is 4.79 Å². The lowest BCUT2D eigenvalue weighted by molar-refractivity contribution is -0.123. The summed E-state index contributed by atoms with van der Waals surface area (Å²) in [5.41, 5.74) is 0. The Kier molecular flexibility index (Phi) is 5.02. The van der Waals surface area contributed by atoms with Crippen LogP contribution < -0.4 is 5.32 Å². The van der Waals surface area contributed by atoms with Gasteiger partial charge in [-0.3, -0.25) is 4.79 Å². The number of hydrogen-bond acceptors (Lipinski definition) is 3. The third-order valence-corrected chi connectivity index (χ3v) is 4.76. The molecular weight excluding hydrogens is 202 g/mol. The summed E-state index contributed by atoms with van der Waals surface area (Å²) in [7, 11) is 0. The molecule has 0 aromatic rings. The summed E-state index contributed by atoms with van der Waals surface area (Å²) in [6.07, 6.45) is 0. The van der Waals surface area contributed by atoms with Crippen LogP contribution in [0.15, 0.2) is 0 Å². The maximum atomic E-state index is 11.3. The molecule has 1 unspecified atom stereocenters. The van der Waals surface area contributed by atoms with Crippen LogP contribution in [-0.4, -0.2) is 35.0 Å². The Morgan fingerprint density at radius 1 is 1.54 bits per heavy atom. The third kappa shape index (κ3) is 4.27. The van der Waals surface area contributed by atoms with Crippen LogP contribution in [0.5, 0.6) is 0 Å². The highest BCUT2D eigenvalue weighted by Gasteiger charge is 2.15. The topological polar surface area (TPSA) is 29.1 Å². The highest BCUT2D eigenvalue weighted by atomic mass is 32.2. The van der Waals surface area contributed by atoms with E-state index >= 15 is 0 Å². The van der Waals surface area contributed by atoms with Gasteiger partial charge in [0.25, 0.3) is 0 Å². The number of thioether (sulfide) groups is 2. The van der Waals surface area contributed by atoms with Crippen molar-refractivity contribution in [2.75, 3.05) is 23.8 Å². The van der Waals surface area contributed by atoms with Gasteiger partial charge in [0.05, 0.1) is 0 Å². The molecular formula is C9H17NOS2. The van der Waals surface area contributed by atoms with Gasteiger partial charge < -0.3 is 5.32 Å². The molecule has 1 aliphatic heterocycles. The predicted molar refractivity (Wildman–Crippen MR) is 61.4 cm³/mol. The van der Waals surface area contributed by atoms with Crippen molar-refractivity contribution in [2.24, 2.45) is 5.92 Å². The van der Waals surface area contributed by atoms with E-state index in [0.29, 0.717) is 5.25 Å². The van der Waals surface area contributed by atoms with Crippen LogP contribution in [0, 0.1) is 5.92 Å². The minimum absolute atomic E-state index is 0.112. The standard InChI is InChI=1S/C9H17NOS2/c1-7(2)9(11)10-5-8-6-12-3-4-13-8/h7-8H,3-6H2,1-2H3,(H,10,11). The molecule has 0 aromatic heterocycles. The van der Waals surface area contributed by atoms with Gasteiger partial charge in [-0.1, -0.05) is 13.8 Å². The molecule has 0 aliphatic carbocycles. The second-order valence-corrected chi connectivity index (χ2v) is 6.03. The fraction of sp³-hybridized carbons (Fsp3) is 0.889. The number of hydrogen-bond donors (Lipinski definition) is 1. The van der Waals surface area contributed by atoms with Crippen molar-refractivity contribution in [1.29, 1.82) is 0 Å². The normalized spacial score (nSPS) is 23.2. The summed E-state index contributed by atoms with van der Waals surface area (Å²) in [5.74, 6) is 3.97. The van der Waals surface area contributed by atoms with Crippen molar-refractivity contribution in [3.63, 3.8) is 0 Å². The van der Waals surface area contributed by atoms with Crippen molar-refractivity contribution in [2.45, 2.75) is 19.1 Å². The smallest absolute Gasteiger partial charge is 0.222 e. The van der Waals surface area contributed by atoms with E-state index in [1.807, 2.05) is 37.4 Å². The Morgan fingerprint density at radius 2 is 2.31 bits per heavy atom. The highest BCUT2D eigenvalue weighted by Crippen LogP contribution is 2.23. The molecule has 0 bridgehead atoms. The zero-order valence-electron chi connectivity index (χ0n) is 8.21. The van der Waals surface area contributed by atoms with E-state index in [2.05, 4.69) is 5.32 Å². The highest BCUT2D eigenvalue weighted by molar-refractivity contribution is 8.06. The Hall–Kier alpha value is 0.170. The largest absolute Gasteiger partial charge is 0.355 e. The average Bonchev–Trinajstić information content (AvgIpc) is 2.15. The van der Waals surface area contributed by atoms with E-state index in [4.69, 9.17) is 0 Å². The average molecular weight is 219 g/mol. The third-order valence-electron chi connectivity index (χ3n) is 1.91. The molecule has 76 valence electrons. The Labute approximate surface area is 88.6 Å². The van der Waals surface area contributed by atoms with Gasteiger partial charge in [-0.25, -0.2) is 0 Å². The van der Waals surface area contributed by atoms with Crippen molar-refractivity contribution >= 4 is 29.4 Å². The first-order valence-electron chi connectivity index (χ1n) is 4.67. The molecule has 1 heterocycles. The Morgan fingerprint density at radius 3 is 2.85 bits per heavy atom. The summed E-state index contributed by atoms with van der Waals surface area (Å²) in [6, 6.07) is 0. The number of rotatable bonds is 3. The molecule has 0 radical (unpaired) electrons. The fourth-order valence-electron chi connectivity index (χ4n) is 1.07. The molecule has 1 rings (SSSR count). The second kappa shape index (κ2) is 5.81. The summed E-state index contributed by atoms with van der Waals surface area (Å²) in [5, 5.41) is 3.61. The van der Waals surface area contributed by atoms with E-state index in [9.17, 15) is 4.79 Å². The predicted octanol–water partition coefficient (Wildman–Crippen LogP) is 1.61. The Balaban J connectivity index is 2.13. The van der Waals surface area contributed by atoms with Gasteiger partial charge in [0.2, 0.25) is 5.91 Å². The zero-order chi connectivity index (χ0) is 9.68. The van der Waals surface area contributed by atoms with Gasteiger partial charge >= 0.3 is 0 Å². The van der Waals surface area contributed by atoms with Gasteiger partial charge in [0.1, 0.15) is 0 Å². The summed E-state index contributed by atoms with van der Waals surface area (Å²) in [4.78, 5) is 11.3. The molecule has 0 spiro atoms. The maximum Gasteiger partial charge on any atom is 0.222 e. The maximum absolute atomic E-state index is 11.3. The zero-order valence-corrected chi connectivity index (χ0v) is 9.84. The van der Waals surface area contributed by atoms with Gasteiger partial charge in [0, 0.05) is 35.0 Å². The van der Waals surface area contributed by atoms with E-state index in [-0.39, 0.29) is 11.8 Å². The van der Waals surface area contributed by atoms with Crippen molar-refractivity contribution in [3.8, 4) is 0 Å². The molecule has 1 aliphatic rings. The summed E-state index contributed by atoms with van der Waals surface area (Å²) in [6.45, 7) is 4.70. The molecule has 1 atom stereocenters. The molecule has 1 fully saturated rings. The first kappa shape index (κ1) is 11.2. The van der Waals surface area contributed by atoms with Gasteiger partial charge in [-0.05, 0) is 0 Å². The SMILES string of the molecule is CC(C)C(=O)NCC1CSCCS1. The van der Waals surface area contributed by atoms with Crippen LogP contribution in [0.1, 0.15) is 13.8 Å². The van der Waals surface area contributed by atoms with Crippen LogP contribution in [0.3, 0.4) is 0 Å². The second-order valence-electron chi connectivity index (χ2n) is 3.47. The van der Waals surface area contributed by atoms with Crippen LogP contribution in [0.25, 0.3) is 0 Å². The molecule has 2 nitrogen and oxygen atoms in total. The van der Waals surface area contributed by atoms with E-state index in [1.54, 1.807) is 0 Å². The van der Waals surface area contributed by atoms with Crippen LogP contribution >= 0.6 is 23.5 Å². The quantitative estimate of drug-likeness (QED) is 0.782. The summed E-state index contributed by atoms with van der Waals surface area (Å²) >= 11 is 3.97. The number of carbonyl (C=O) groups is 1. The van der Waals surface area contributed by atoms with E-state index in [1.165, 1.54) is 17.3 Å². The first-order valence-corrected chi connectivity index (χ1v) is 6.87. The van der Waals surface area contributed by atoms with Crippen LogP contribution in [0.2, 0.25) is 0 Å². The fourth-order valence-corrected chi connectivity index (χ4v) is 3.68. The van der Waals surface area contributed by atoms with Crippen LogP contribution in [0.4, 0.5) is 0 Å².